The molecule has 2 atom stereocenters. The van der Waals surface area contributed by atoms with Crippen LogP contribution in [0.15, 0.2) is 48.5 Å². The molecule has 1 aliphatic heterocycles. The highest BCUT2D eigenvalue weighted by Gasteiger charge is 2.38. The number of halogens is 1. The smallest absolute Gasteiger partial charge is 0.323 e. The predicted molar refractivity (Wildman–Crippen MR) is 104 cm³/mol. The van der Waals surface area contributed by atoms with E-state index in [-0.39, 0.29) is 36.2 Å². The predicted octanol–water partition coefficient (Wildman–Crippen LogP) is 2.61. The number of nitrogens with one attached hydrogen (secondary N) is 1. The summed E-state index contributed by atoms with van der Waals surface area (Å²) in [5, 5.41) is 2.99. The summed E-state index contributed by atoms with van der Waals surface area (Å²) in [7, 11) is 1.38. The largest absolute Gasteiger partial charge is 0.468 e. The van der Waals surface area contributed by atoms with Crippen molar-refractivity contribution in [2.24, 2.45) is 0 Å². The Bertz CT molecular complexity index is 821. The molecule has 0 aliphatic carbocycles. The van der Waals surface area contributed by atoms with Crippen LogP contribution in [-0.4, -0.2) is 42.5 Å². The molecule has 1 fully saturated rings. The van der Waals surface area contributed by atoms with Gasteiger partial charge in [-0.25, -0.2) is 4.39 Å². The Morgan fingerprint density at radius 1 is 1.11 bits per heavy atom. The fraction of sp³-hybridized carbons (Fsp3) is 0.364. The molecule has 0 aromatic heterocycles. The van der Waals surface area contributed by atoms with Crippen LogP contribution in [0, 0.1) is 12.7 Å². The van der Waals surface area contributed by atoms with Crippen LogP contribution in [0.2, 0.25) is 0 Å². The minimum absolute atomic E-state index is 0.137. The highest BCUT2D eigenvalue weighted by molar-refractivity contribution is 5.80. The van der Waals surface area contributed by atoms with Crippen LogP contribution in [0.5, 0.6) is 0 Å². The van der Waals surface area contributed by atoms with Crippen LogP contribution < -0.4 is 5.32 Å². The molecule has 0 bridgehead atoms. The summed E-state index contributed by atoms with van der Waals surface area (Å²) in [4.78, 5) is 26.6. The maximum absolute atomic E-state index is 13.0. The molecule has 3 rings (SSSR count). The number of esters is 1. The zero-order valence-corrected chi connectivity index (χ0v) is 16.2. The Hall–Kier alpha value is -2.73. The summed E-state index contributed by atoms with van der Waals surface area (Å²) in [6.07, 6.45) is 0.686. The summed E-state index contributed by atoms with van der Waals surface area (Å²) in [5.41, 5.74) is 3.04. The van der Waals surface area contributed by atoms with Crippen LogP contribution in [0.4, 0.5) is 4.39 Å². The fourth-order valence-corrected chi connectivity index (χ4v) is 3.56. The van der Waals surface area contributed by atoms with E-state index in [0.717, 1.165) is 11.1 Å². The molecular formula is C22H25FN2O3. The minimum Gasteiger partial charge on any atom is -0.468 e. The van der Waals surface area contributed by atoms with Gasteiger partial charge in [0.1, 0.15) is 11.9 Å². The quantitative estimate of drug-likeness (QED) is 0.778. The number of nitrogens with zero attached hydrogens (tertiary/aromatic N) is 1. The van der Waals surface area contributed by atoms with Crippen molar-refractivity contribution in [3.05, 3.63) is 71.0 Å². The third-order valence-corrected chi connectivity index (χ3v) is 5.03. The number of ether oxygens (including phenoxy) is 1. The van der Waals surface area contributed by atoms with Gasteiger partial charge in [0, 0.05) is 19.1 Å². The molecular weight excluding hydrogens is 359 g/mol. The minimum atomic E-state index is -0.387. The van der Waals surface area contributed by atoms with E-state index in [0.29, 0.717) is 19.5 Å². The molecule has 2 aromatic rings. The van der Waals surface area contributed by atoms with E-state index >= 15 is 0 Å². The fourth-order valence-electron chi connectivity index (χ4n) is 3.56. The normalized spacial score (nSPS) is 19.4. The molecule has 0 spiro atoms. The average Bonchev–Trinajstić information content (AvgIpc) is 3.06. The zero-order valence-electron chi connectivity index (χ0n) is 16.2. The summed E-state index contributed by atoms with van der Waals surface area (Å²) in [6, 6.07) is 13.5. The maximum Gasteiger partial charge on any atom is 0.323 e. The van der Waals surface area contributed by atoms with E-state index in [1.54, 1.807) is 12.1 Å². The van der Waals surface area contributed by atoms with Crippen LogP contribution in [0.1, 0.15) is 23.1 Å². The van der Waals surface area contributed by atoms with Gasteiger partial charge >= 0.3 is 5.97 Å². The zero-order chi connectivity index (χ0) is 20.1. The third-order valence-electron chi connectivity index (χ3n) is 5.03. The number of hydrogen-bond acceptors (Lipinski definition) is 4. The molecule has 28 heavy (non-hydrogen) atoms. The number of amides is 1. The average molecular weight is 384 g/mol. The van der Waals surface area contributed by atoms with Crippen molar-refractivity contribution in [2.45, 2.75) is 38.4 Å². The molecule has 0 unspecified atom stereocenters. The first-order chi connectivity index (χ1) is 13.4. The number of hydrogen-bond donors (Lipinski definition) is 1. The van der Waals surface area contributed by atoms with Gasteiger partial charge < -0.3 is 10.1 Å². The first kappa shape index (κ1) is 20.0. The highest BCUT2D eigenvalue weighted by Crippen LogP contribution is 2.22. The first-order valence-electron chi connectivity index (χ1n) is 9.36. The Labute approximate surface area is 164 Å². The molecule has 0 radical (unpaired) electrons. The van der Waals surface area contributed by atoms with Crippen molar-refractivity contribution in [3.63, 3.8) is 0 Å². The van der Waals surface area contributed by atoms with Crippen LogP contribution >= 0.6 is 0 Å². The maximum atomic E-state index is 13.0. The van der Waals surface area contributed by atoms with Crippen LogP contribution in [0.25, 0.3) is 0 Å². The lowest BCUT2D eigenvalue weighted by atomic mass is 10.1. The number of benzene rings is 2. The van der Waals surface area contributed by atoms with Crippen molar-refractivity contribution < 1.29 is 18.7 Å². The second-order valence-electron chi connectivity index (χ2n) is 7.26. The van der Waals surface area contributed by atoms with Gasteiger partial charge in [-0.05, 0) is 36.6 Å². The highest BCUT2D eigenvalue weighted by atomic mass is 19.1. The number of rotatable bonds is 6. The first-order valence-corrected chi connectivity index (χ1v) is 9.36. The standard InChI is InChI=1S/C22H25FN2O3/c1-15-3-5-17(6-4-15)13-25-14-19(12-20(25)22(27)28-2)24-21(26)11-16-7-9-18(23)10-8-16/h3-10,19-20H,11-14H2,1-2H3,(H,24,26)/t19-,20+/m1/s1. The number of carbonyl (C=O) groups is 2. The molecule has 1 aliphatic rings. The number of likely N-dealkylation sites (tertiary alicyclic amines) is 1. The van der Waals surface area contributed by atoms with Crippen LogP contribution in [-0.2, 0) is 27.3 Å². The Morgan fingerprint density at radius 3 is 2.39 bits per heavy atom. The van der Waals surface area contributed by atoms with Crippen molar-refractivity contribution in [1.29, 1.82) is 0 Å². The second kappa shape index (κ2) is 8.97. The lowest BCUT2D eigenvalue weighted by Crippen LogP contribution is -2.38. The van der Waals surface area contributed by atoms with Crippen molar-refractivity contribution in [2.75, 3.05) is 13.7 Å². The topological polar surface area (TPSA) is 58.6 Å². The molecule has 0 saturated carbocycles. The van der Waals surface area contributed by atoms with E-state index in [9.17, 15) is 14.0 Å². The second-order valence-corrected chi connectivity index (χ2v) is 7.26. The van der Waals surface area contributed by atoms with Crippen molar-refractivity contribution in [1.82, 2.24) is 10.2 Å². The summed E-state index contributed by atoms with van der Waals surface area (Å²) < 4.78 is 18.0. The van der Waals surface area contributed by atoms with Crippen LogP contribution in [0.3, 0.4) is 0 Å². The lowest BCUT2D eigenvalue weighted by molar-refractivity contribution is -0.146. The molecule has 2 aromatic carbocycles. The number of methoxy groups -OCH3 is 1. The van der Waals surface area contributed by atoms with Crippen molar-refractivity contribution >= 4 is 11.9 Å². The Balaban J connectivity index is 1.62. The van der Waals surface area contributed by atoms with Gasteiger partial charge in [-0.15, -0.1) is 0 Å². The van der Waals surface area contributed by atoms with Gasteiger partial charge in [0.15, 0.2) is 0 Å². The van der Waals surface area contributed by atoms with Gasteiger partial charge in [0.25, 0.3) is 0 Å². The molecule has 5 nitrogen and oxygen atoms in total. The third kappa shape index (κ3) is 5.16. The monoisotopic (exact) mass is 384 g/mol. The van der Waals surface area contributed by atoms with E-state index < -0.39 is 0 Å². The summed E-state index contributed by atoms with van der Waals surface area (Å²) in [5.74, 6) is -0.757. The van der Waals surface area contributed by atoms with Gasteiger partial charge in [-0.1, -0.05) is 42.0 Å². The molecule has 1 N–H and O–H groups in total. The van der Waals surface area contributed by atoms with Gasteiger partial charge in [0.05, 0.1) is 13.5 Å². The van der Waals surface area contributed by atoms with Gasteiger partial charge in [-0.2, -0.15) is 0 Å². The van der Waals surface area contributed by atoms with Gasteiger partial charge in [-0.3, -0.25) is 14.5 Å². The van der Waals surface area contributed by atoms with E-state index in [4.69, 9.17) is 4.74 Å². The lowest BCUT2D eigenvalue weighted by Gasteiger charge is -2.22. The van der Waals surface area contributed by atoms with E-state index in [1.807, 2.05) is 36.1 Å². The number of carbonyl (C=O) groups excluding carboxylic acids is 2. The number of aryl methyl sites for hydroxylation is 1. The Kier molecular flexibility index (Phi) is 6.41. The molecule has 1 heterocycles. The Morgan fingerprint density at radius 2 is 1.75 bits per heavy atom. The van der Waals surface area contributed by atoms with E-state index in [2.05, 4.69) is 5.32 Å². The molecule has 6 heteroatoms. The van der Waals surface area contributed by atoms with Crippen molar-refractivity contribution in [3.8, 4) is 0 Å². The molecule has 1 saturated heterocycles. The summed E-state index contributed by atoms with van der Waals surface area (Å²) in [6.45, 7) is 3.22. The summed E-state index contributed by atoms with van der Waals surface area (Å²) >= 11 is 0. The van der Waals surface area contributed by atoms with E-state index in [1.165, 1.54) is 24.8 Å². The molecule has 1 amide bonds. The van der Waals surface area contributed by atoms with Gasteiger partial charge in [0.2, 0.25) is 5.91 Å². The SMILES string of the molecule is COC(=O)[C@@H]1C[C@@H](NC(=O)Cc2ccc(F)cc2)CN1Cc1ccc(C)cc1. The molecule has 148 valence electrons.